The number of nitrogens with zero attached hydrogens (tertiary/aromatic N) is 5. The molecule has 1 aromatic carbocycles. The van der Waals surface area contributed by atoms with Crippen molar-refractivity contribution in [2.24, 2.45) is 4.99 Å². The van der Waals surface area contributed by atoms with Gasteiger partial charge in [0.25, 0.3) is 0 Å². The largest absolute Gasteiger partial charge is 0.327 e. The van der Waals surface area contributed by atoms with E-state index in [1.807, 2.05) is 47.5 Å². The van der Waals surface area contributed by atoms with Gasteiger partial charge in [0.05, 0.1) is 5.69 Å². The molecule has 0 radical (unpaired) electrons. The summed E-state index contributed by atoms with van der Waals surface area (Å²) < 4.78 is 0. The summed E-state index contributed by atoms with van der Waals surface area (Å²) in [4.78, 5) is 19.5. The summed E-state index contributed by atoms with van der Waals surface area (Å²) in [5.41, 5.74) is 2.57. The SMILES string of the molecule is C=C(Nc1ccncn1)N1CCC=Nc2ccc(-c3cccc(Cl)c3)nc21. The standard InChI is InChI=1S/C20H17ClN6/c1-14(25-19-8-10-22-13-24-19)27-11-3-9-23-18-7-6-17(26-20(18)27)15-4-2-5-16(21)12-15/h2,4-10,12-13H,1,3,11H2,(H,22,24,25). The Labute approximate surface area is 162 Å². The highest BCUT2D eigenvalue weighted by Gasteiger charge is 2.19. The molecule has 3 aromatic rings. The summed E-state index contributed by atoms with van der Waals surface area (Å²) in [6.45, 7) is 4.88. The molecule has 7 heteroatoms. The number of rotatable bonds is 4. The van der Waals surface area contributed by atoms with Crippen LogP contribution in [-0.4, -0.2) is 27.7 Å². The molecule has 6 nitrogen and oxygen atoms in total. The number of aromatic nitrogens is 3. The molecule has 4 rings (SSSR count). The Morgan fingerprint density at radius 1 is 1.19 bits per heavy atom. The lowest BCUT2D eigenvalue weighted by atomic mass is 10.1. The molecule has 0 amide bonds. The van der Waals surface area contributed by atoms with Crippen LogP contribution in [0.15, 0.2) is 72.4 Å². The van der Waals surface area contributed by atoms with Gasteiger partial charge in [0.2, 0.25) is 0 Å². The number of halogens is 1. The fourth-order valence-electron chi connectivity index (χ4n) is 2.85. The van der Waals surface area contributed by atoms with Gasteiger partial charge in [0.1, 0.15) is 23.7 Å². The molecule has 0 fully saturated rings. The molecule has 3 heterocycles. The van der Waals surface area contributed by atoms with E-state index >= 15 is 0 Å². The van der Waals surface area contributed by atoms with E-state index in [1.54, 1.807) is 12.3 Å². The van der Waals surface area contributed by atoms with E-state index in [9.17, 15) is 0 Å². The number of fused-ring (bicyclic) bond motifs is 1. The molecule has 2 aromatic heterocycles. The minimum Gasteiger partial charge on any atom is -0.327 e. The van der Waals surface area contributed by atoms with Crippen LogP contribution in [0.2, 0.25) is 5.02 Å². The second-order valence-corrected chi connectivity index (χ2v) is 6.40. The Morgan fingerprint density at radius 3 is 2.93 bits per heavy atom. The number of hydrogen-bond acceptors (Lipinski definition) is 6. The van der Waals surface area contributed by atoms with Crippen molar-refractivity contribution in [2.75, 3.05) is 16.8 Å². The maximum Gasteiger partial charge on any atom is 0.160 e. The first-order chi connectivity index (χ1) is 13.2. The minimum absolute atomic E-state index is 0.674. The zero-order valence-corrected chi connectivity index (χ0v) is 15.3. The van der Waals surface area contributed by atoms with Gasteiger partial charge in [0, 0.05) is 36.0 Å². The third-order valence-corrected chi connectivity index (χ3v) is 4.36. The second kappa shape index (κ2) is 7.55. The first-order valence-corrected chi connectivity index (χ1v) is 8.87. The lowest BCUT2D eigenvalue weighted by molar-refractivity contribution is 0.909. The molecule has 1 N–H and O–H groups in total. The second-order valence-electron chi connectivity index (χ2n) is 5.97. The fourth-order valence-corrected chi connectivity index (χ4v) is 3.04. The van der Waals surface area contributed by atoms with Crippen molar-refractivity contribution in [1.82, 2.24) is 15.0 Å². The molecule has 0 saturated carbocycles. The Kier molecular flexibility index (Phi) is 4.80. The normalized spacial score (nSPS) is 13.0. The molecule has 0 spiro atoms. The van der Waals surface area contributed by atoms with Gasteiger partial charge in [-0.25, -0.2) is 15.0 Å². The van der Waals surface area contributed by atoms with Crippen molar-refractivity contribution in [3.63, 3.8) is 0 Å². The molecule has 0 unspecified atom stereocenters. The van der Waals surface area contributed by atoms with Crippen molar-refractivity contribution in [3.8, 4) is 11.3 Å². The maximum atomic E-state index is 6.14. The molecular weight excluding hydrogens is 360 g/mol. The summed E-state index contributed by atoms with van der Waals surface area (Å²) >= 11 is 6.14. The molecule has 1 aliphatic rings. The van der Waals surface area contributed by atoms with Crippen molar-refractivity contribution in [3.05, 3.63) is 72.4 Å². The zero-order chi connectivity index (χ0) is 18.6. The minimum atomic E-state index is 0.674. The Hall–Kier alpha value is -3.25. The van der Waals surface area contributed by atoms with Crippen LogP contribution in [0.5, 0.6) is 0 Å². The van der Waals surface area contributed by atoms with Crippen molar-refractivity contribution >= 4 is 35.1 Å². The third kappa shape index (κ3) is 3.80. The predicted molar refractivity (Wildman–Crippen MR) is 110 cm³/mol. The van der Waals surface area contributed by atoms with Gasteiger partial charge < -0.3 is 10.2 Å². The third-order valence-electron chi connectivity index (χ3n) is 4.12. The predicted octanol–water partition coefficient (Wildman–Crippen LogP) is 4.69. The smallest absolute Gasteiger partial charge is 0.160 e. The number of benzene rings is 1. The van der Waals surface area contributed by atoms with E-state index in [0.717, 1.165) is 29.2 Å². The summed E-state index contributed by atoms with van der Waals surface area (Å²) in [6, 6.07) is 13.3. The van der Waals surface area contributed by atoms with Crippen LogP contribution in [0.1, 0.15) is 6.42 Å². The van der Waals surface area contributed by atoms with Crippen LogP contribution in [0, 0.1) is 0 Å². The van der Waals surface area contributed by atoms with Gasteiger partial charge in [-0.2, -0.15) is 0 Å². The summed E-state index contributed by atoms with van der Waals surface area (Å²) in [6.07, 6.45) is 5.85. The number of nitrogens with one attached hydrogen (secondary N) is 1. The van der Waals surface area contributed by atoms with Crippen LogP contribution in [0.25, 0.3) is 11.3 Å². The quantitative estimate of drug-likeness (QED) is 0.715. The monoisotopic (exact) mass is 376 g/mol. The molecule has 1 aliphatic heterocycles. The van der Waals surface area contributed by atoms with E-state index in [0.29, 0.717) is 23.2 Å². The highest BCUT2D eigenvalue weighted by atomic mass is 35.5. The van der Waals surface area contributed by atoms with Gasteiger partial charge in [-0.3, -0.25) is 4.99 Å². The van der Waals surface area contributed by atoms with Gasteiger partial charge in [0.15, 0.2) is 5.82 Å². The van der Waals surface area contributed by atoms with E-state index in [-0.39, 0.29) is 0 Å². The Bertz CT molecular complexity index is 1000. The van der Waals surface area contributed by atoms with Crippen molar-refractivity contribution in [2.45, 2.75) is 6.42 Å². The average molecular weight is 377 g/mol. The first kappa shape index (κ1) is 17.2. The van der Waals surface area contributed by atoms with Crippen LogP contribution >= 0.6 is 11.6 Å². The van der Waals surface area contributed by atoms with E-state index < -0.39 is 0 Å². The summed E-state index contributed by atoms with van der Waals surface area (Å²) in [7, 11) is 0. The fraction of sp³-hybridized carbons (Fsp3) is 0.100. The number of pyridine rings is 1. The molecule has 27 heavy (non-hydrogen) atoms. The first-order valence-electron chi connectivity index (χ1n) is 8.50. The molecular formula is C20H17ClN6. The van der Waals surface area contributed by atoms with Gasteiger partial charge in [-0.15, -0.1) is 0 Å². The lowest BCUT2D eigenvalue weighted by Gasteiger charge is -2.26. The van der Waals surface area contributed by atoms with Gasteiger partial charge in [-0.05, 0) is 30.3 Å². The zero-order valence-electron chi connectivity index (χ0n) is 14.5. The molecule has 0 aliphatic carbocycles. The van der Waals surface area contributed by atoms with Crippen LogP contribution in [0.3, 0.4) is 0 Å². The average Bonchev–Trinajstić information content (AvgIpc) is 2.90. The Balaban J connectivity index is 1.70. The number of aliphatic imine (C=N–C) groups is 1. The van der Waals surface area contributed by atoms with E-state index in [2.05, 4.69) is 26.9 Å². The highest BCUT2D eigenvalue weighted by molar-refractivity contribution is 6.30. The van der Waals surface area contributed by atoms with Crippen LogP contribution in [-0.2, 0) is 0 Å². The molecule has 0 saturated heterocycles. The lowest BCUT2D eigenvalue weighted by Crippen LogP contribution is -2.28. The van der Waals surface area contributed by atoms with Crippen LogP contribution in [0.4, 0.5) is 17.3 Å². The van der Waals surface area contributed by atoms with Crippen LogP contribution < -0.4 is 10.2 Å². The van der Waals surface area contributed by atoms with Gasteiger partial charge in [-0.1, -0.05) is 30.3 Å². The Morgan fingerprint density at radius 2 is 2.11 bits per heavy atom. The van der Waals surface area contributed by atoms with Crippen molar-refractivity contribution in [1.29, 1.82) is 0 Å². The van der Waals surface area contributed by atoms with Crippen molar-refractivity contribution < 1.29 is 0 Å². The highest BCUT2D eigenvalue weighted by Crippen LogP contribution is 2.34. The molecule has 0 atom stereocenters. The maximum absolute atomic E-state index is 6.14. The summed E-state index contributed by atoms with van der Waals surface area (Å²) in [5, 5.41) is 3.89. The number of anilines is 2. The topological polar surface area (TPSA) is 66.3 Å². The molecule has 134 valence electrons. The number of hydrogen-bond donors (Lipinski definition) is 1. The van der Waals surface area contributed by atoms with Gasteiger partial charge >= 0.3 is 0 Å². The van der Waals surface area contributed by atoms with E-state index in [1.165, 1.54) is 6.33 Å². The molecule has 0 bridgehead atoms. The van der Waals surface area contributed by atoms with E-state index in [4.69, 9.17) is 16.6 Å². The summed E-state index contributed by atoms with van der Waals surface area (Å²) in [5.74, 6) is 2.09.